The Morgan fingerprint density at radius 2 is 2.11 bits per heavy atom. The first-order chi connectivity index (χ1) is 13.2. The fourth-order valence-corrected chi connectivity index (χ4v) is 3.42. The van der Waals surface area contributed by atoms with Gasteiger partial charge in [0.25, 0.3) is 0 Å². The number of halogens is 1. The number of ether oxygens (including phenoxy) is 1. The molecule has 0 bridgehead atoms. The van der Waals surface area contributed by atoms with Crippen molar-refractivity contribution in [2.45, 2.75) is 39.0 Å². The molecular formula is C21H35IN4O2. The van der Waals surface area contributed by atoms with Gasteiger partial charge in [0.1, 0.15) is 0 Å². The number of aliphatic imine (C=N–C) groups is 1. The van der Waals surface area contributed by atoms with Crippen LogP contribution in [0, 0.1) is 5.92 Å². The number of benzene rings is 1. The second kappa shape index (κ2) is 14.6. The summed E-state index contributed by atoms with van der Waals surface area (Å²) in [7, 11) is 0. The molecule has 1 aliphatic heterocycles. The van der Waals surface area contributed by atoms with Crippen molar-refractivity contribution < 1.29 is 9.53 Å². The molecule has 1 unspecified atom stereocenters. The van der Waals surface area contributed by atoms with Crippen molar-refractivity contribution in [3.05, 3.63) is 35.9 Å². The van der Waals surface area contributed by atoms with Crippen LogP contribution in [0.4, 0.5) is 0 Å². The molecule has 1 amide bonds. The molecule has 6 nitrogen and oxygen atoms in total. The average Bonchev–Trinajstić information content (AvgIpc) is 2.67. The lowest BCUT2D eigenvalue weighted by molar-refractivity contribution is -0.119. The SMILES string of the molecule is CCNC(=NCCCOCCc1ccccc1)N1CCCC(CC(N)=O)C1.I. The van der Waals surface area contributed by atoms with E-state index < -0.39 is 0 Å². The lowest BCUT2D eigenvalue weighted by Crippen LogP contribution is -2.47. The van der Waals surface area contributed by atoms with Crippen molar-refractivity contribution in [3.63, 3.8) is 0 Å². The quantitative estimate of drug-likeness (QED) is 0.223. The third-order valence-electron chi connectivity index (χ3n) is 4.73. The van der Waals surface area contributed by atoms with E-state index in [1.54, 1.807) is 0 Å². The summed E-state index contributed by atoms with van der Waals surface area (Å²) in [6, 6.07) is 10.4. The number of piperidine rings is 1. The molecule has 0 spiro atoms. The molecule has 1 saturated heterocycles. The lowest BCUT2D eigenvalue weighted by Gasteiger charge is -2.34. The van der Waals surface area contributed by atoms with E-state index in [2.05, 4.69) is 41.4 Å². The Kier molecular flexibility index (Phi) is 12.9. The van der Waals surface area contributed by atoms with Crippen LogP contribution in [0.1, 0.15) is 38.2 Å². The second-order valence-electron chi connectivity index (χ2n) is 7.06. The molecule has 0 aliphatic carbocycles. The molecule has 1 aromatic carbocycles. The van der Waals surface area contributed by atoms with Gasteiger partial charge in [0.2, 0.25) is 5.91 Å². The van der Waals surface area contributed by atoms with Crippen molar-refractivity contribution in [1.82, 2.24) is 10.2 Å². The molecule has 1 aromatic rings. The van der Waals surface area contributed by atoms with Crippen LogP contribution in [0.2, 0.25) is 0 Å². The van der Waals surface area contributed by atoms with Gasteiger partial charge in [0.15, 0.2) is 5.96 Å². The number of amides is 1. The summed E-state index contributed by atoms with van der Waals surface area (Å²) in [6.07, 6.45) is 4.45. The number of carbonyl (C=O) groups is 1. The predicted molar refractivity (Wildman–Crippen MR) is 125 cm³/mol. The summed E-state index contributed by atoms with van der Waals surface area (Å²) >= 11 is 0. The van der Waals surface area contributed by atoms with E-state index in [0.29, 0.717) is 12.3 Å². The van der Waals surface area contributed by atoms with Gasteiger partial charge in [0, 0.05) is 39.2 Å². The van der Waals surface area contributed by atoms with Crippen LogP contribution >= 0.6 is 24.0 Å². The maximum atomic E-state index is 11.2. The number of hydrogen-bond acceptors (Lipinski definition) is 3. The van der Waals surface area contributed by atoms with E-state index >= 15 is 0 Å². The summed E-state index contributed by atoms with van der Waals surface area (Å²) < 4.78 is 5.73. The van der Waals surface area contributed by atoms with E-state index in [4.69, 9.17) is 15.5 Å². The van der Waals surface area contributed by atoms with Gasteiger partial charge in [-0.2, -0.15) is 0 Å². The Labute approximate surface area is 186 Å². The van der Waals surface area contributed by atoms with Gasteiger partial charge < -0.3 is 20.7 Å². The standard InChI is InChI=1S/C21H34N4O2.HI/c1-2-23-21(25-13-6-10-19(17-25)16-20(22)26)24-12-7-14-27-15-11-18-8-4-3-5-9-18;/h3-5,8-9,19H,2,6-7,10-17H2,1H3,(H2,22,26)(H,23,24);1H. The first kappa shape index (κ1) is 24.7. The fourth-order valence-electron chi connectivity index (χ4n) is 3.42. The van der Waals surface area contributed by atoms with Gasteiger partial charge in [-0.25, -0.2) is 0 Å². The highest BCUT2D eigenvalue weighted by Gasteiger charge is 2.23. The number of primary amides is 1. The predicted octanol–water partition coefficient (Wildman–Crippen LogP) is 2.81. The Hall–Kier alpha value is -1.35. The molecule has 1 atom stereocenters. The van der Waals surface area contributed by atoms with Crippen LogP contribution in [0.5, 0.6) is 0 Å². The van der Waals surface area contributed by atoms with E-state index in [9.17, 15) is 4.79 Å². The number of nitrogens with zero attached hydrogens (tertiary/aromatic N) is 2. The molecule has 3 N–H and O–H groups in total. The first-order valence-corrected chi connectivity index (χ1v) is 10.1. The molecular weight excluding hydrogens is 467 g/mol. The Morgan fingerprint density at radius 1 is 1.32 bits per heavy atom. The average molecular weight is 502 g/mol. The van der Waals surface area contributed by atoms with E-state index in [0.717, 1.165) is 71.0 Å². The second-order valence-corrected chi connectivity index (χ2v) is 7.06. The van der Waals surface area contributed by atoms with Gasteiger partial charge in [-0.05, 0) is 44.1 Å². The summed E-state index contributed by atoms with van der Waals surface area (Å²) in [5.74, 6) is 1.06. The number of nitrogens with two attached hydrogens (primary N) is 1. The van der Waals surface area contributed by atoms with Crippen molar-refractivity contribution in [3.8, 4) is 0 Å². The van der Waals surface area contributed by atoms with Crippen LogP contribution in [-0.2, 0) is 16.0 Å². The highest BCUT2D eigenvalue weighted by Crippen LogP contribution is 2.19. The maximum absolute atomic E-state index is 11.2. The van der Waals surface area contributed by atoms with Crippen LogP contribution in [0.15, 0.2) is 35.3 Å². The van der Waals surface area contributed by atoms with Gasteiger partial charge >= 0.3 is 0 Å². The van der Waals surface area contributed by atoms with Crippen LogP contribution in [0.3, 0.4) is 0 Å². The molecule has 7 heteroatoms. The zero-order chi connectivity index (χ0) is 19.3. The highest BCUT2D eigenvalue weighted by atomic mass is 127. The van der Waals surface area contributed by atoms with Crippen molar-refractivity contribution in [1.29, 1.82) is 0 Å². The minimum atomic E-state index is -0.212. The normalized spacial score (nSPS) is 17.1. The lowest BCUT2D eigenvalue weighted by atomic mass is 9.95. The zero-order valence-corrected chi connectivity index (χ0v) is 19.3. The fraction of sp³-hybridized carbons (Fsp3) is 0.619. The number of nitrogens with one attached hydrogen (secondary N) is 1. The van der Waals surface area contributed by atoms with Crippen LogP contribution < -0.4 is 11.1 Å². The van der Waals surface area contributed by atoms with Crippen LogP contribution in [-0.4, -0.2) is 56.2 Å². The molecule has 0 saturated carbocycles. The molecule has 0 radical (unpaired) electrons. The Morgan fingerprint density at radius 3 is 2.82 bits per heavy atom. The monoisotopic (exact) mass is 502 g/mol. The van der Waals surface area contributed by atoms with Crippen molar-refractivity contribution >= 4 is 35.8 Å². The summed E-state index contributed by atoms with van der Waals surface area (Å²) in [5, 5.41) is 3.37. The van der Waals surface area contributed by atoms with E-state index in [1.807, 2.05) is 6.07 Å². The number of guanidine groups is 1. The molecule has 28 heavy (non-hydrogen) atoms. The Bertz CT molecular complexity index is 583. The van der Waals surface area contributed by atoms with Gasteiger partial charge in [0.05, 0.1) is 6.61 Å². The first-order valence-electron chi connectivity index (χ1n) is 10.1. The van der Waals surface area contributed by atoms with Gasteiger partial charge in [-0.3, -0.25) is 9.79 Å². The number of hydrogen-bond donors (Lipinski definition) is 2. The summed E-state index contributed by atoms with van der Waals surface area (Å²) in [4.78, 5) is 18.2. The zero-order valence-electron chi connectivity index (χ0n) is 16.9. The molecule has 1 heterocycles. The smallest absolute Gasteiger partial charge is 0.217 e. The number of likely N-dealkylation sites (tertiary alicyclic amines) is 1. The largest absolute Gasteiger partial charge is 0.381 e. The van der Waals surface area contributed by atoms with Gasteiger partial charge in [-0.15, -0.1) is 24.0 Å². The van der Waals surface area contributed by atoms with Crippen molar-refractivity contribution in [2.24, 2.45) is 16.6 Å². The third kappa shape index (κ3) is 9.73. The van der Waals surface area contributed by atoms with Gasteiger partial charge in [-0.1, -0.05) is 30.3 Å². The molecule has 1 aliphatic rings. The summed E-state index contributed by atoms with van der Waals surface area (Å²) in [5.41, 5.74) is 6.67. The third-order valence-corrected chi connectivity index (χ3v) is 4.73. The Balaban J connectivity index is 0.00000392. The minimum absolute atomic E-state index is 0. The maximum Gasteiger partial charge on any atom is 0.217 e. The molecule has 1 fully saturated rings. The molecule has 158 valence electrons. The van der Waals surface area contributed by atoms with Crippen molar-refractivity contribution in [2.75, 3.05) is 39.4 Å². The minimum Gasteiger partial charge on any atom is -0.381 e. The molecule has 0 aromatic heterocycles. The van der Waals surface area contributed by atoms with Crippen LogP contribution in [0.25, 0.3) is 0 Å². The topological polar surface area (TPSA) is 80.0 Å². The number of rotatable bonds is 10. The number of carbonyl (C=O) groups excluding carboxylic acids is 1. The van der Waals surface area contributed by atoms with E-state index in [-0.39, 0.29) is 29.9 Å². The summed E-state index contributed by atoms with van der Waals surface area (Å²) in [6.45, 7) is 6.95. The molecule has 2 rings (SSSR count). The highest BCUT2D eigenvalue weighted by molar-refractivity contribution is 14.0. The van der Waals surface area contributed by atoms with E-state index in [1.165, 1.54) is 5.56 Å².